The number of carbonyl (C=O) groups is 1. The number of fused-ring (bicyclic) bond motifs is 13. The molecule has 412 valence electrons. The van der Waals surface area contributed by atoms with Crippen LogP contribution in [-0.2, 0) is 10.2 Å². The number of ether oxygens (including phenoxy) is 1. The average Bonchev–Trinajstić information content (AvgIpc) is 1.58. The third-order valence-corrected chi connectivity index (χ3v) is 17.7. The van der Waals surface area contributed by atoms with Crippen LogP contribution in [0.3, 0.4) is 0 Å². The minimum Gasteiger partial charge on any atom is -0.423 e. The van der Waals surface area contributed by atoms with Crippen LogP contribution in [0.1, 0.15) is 40.6 Å². The van der Waals surface area contributed by atoms with E-state index >= 15 is 4.79 Å². The number of carbonyl (C=O) groups excluding carboxylic acids is 1. The molecular formula is C76H41N11O2. The van der Waals surface area contributed by atoms with Gasteiger partial charge in [0.1, 0.15) is 11.4 Å². The molecule has 1 aliphatic rings. The first-order valence-corrected chi connectivity index (χ1v) is 28.9. The normalized spacial score (nSPS) is 13.8. The number of benzene rings is 11. The van der Waals surface area contributed by atoms with E-state index in [9.17, 15) is 21.0 Å². The quantitative estimate of drug-likeness (QED) is 0.111. The SMILES string of the molecule is CC1(c2nc(-c3ccccc3)nc(-c3ccccc3)n2)C(=O)Oc2c(-n3c4ccccc4c4cc(C#N)ccc43)c(-n3c4ccccc4c4cc(C#N)ccc43)c(-n3c4ccccc4c4cc(C#N)ccc43)c(-n3c4ccccc4c4cc(C#N)ccc43)c21. The molecule has 0 amide bonds. The molecule has 0 saturated heterocycles. The first-order chi connectivity index (χ1) is 43.8. The number of rotatable bonds is 7. The second-order valence-electron chi connectivity index (χ2n) is 22.4. The number of nitriles is 4. The van der Waals surface area contributed by atoms with Gasteiger partial charge in [-0.05, 0) is 104 Å². The van der Waals surface area contributed by atoms with Gasteiger partial charge in [-0.1, -0.05) is 133 Å². The Morgan fingerprint density at radius 1 is 0.348 bits per heavy atom. The monoisotopic (exact) mass is 1140 g/mol. The molecule has 13 nitrogen and oxygen atoms in total. The minimum atomic E-state index is -1.89. The Kier molecular flexibility index (Phi) is 10.8. The highest BCUT2D eigenvalue weighted by Crippen LogP contribution is 2.58. The first-order valence-electron chi connectivity index (χ1n) is 28.9. The molecule has 0 aliphatic carbocycles. The molecule has 0 saturated carbocycles. The number of nitrogens with zero attached hydrogens (tertiary/aromatic N) is 11. The Hall–Kier alpha value is -12.9. The third kappa shape index (κ3) is 7.13. The number of hydrogen-bond donors (Lipinski definition) is 0. The largest absolute Gasteiger partial charge is 0.423 e. The Labute approximate surface area is 506 Å². The summed E-state index contributed by atoms with van der Waals surface area (Å²) in [5.74, 6) is 0.335. The van der Waals surface area contributed by atoms with E-state index in [4.69, 9.17) is 19.7 Å². The molecule has 1 unspecified atom stereocenters. The Morgan fingerprint density at radius 3 is 1.01 bits per heavy atom. The van der Waals surface area contributed by atoms with E-state index in [0.29, 0.717) is 84.4 Å². The van der Waals surface area contributed by atoms with Crippen molar-refractivity contribution in [3.05, 3.63) is 264 Å². The molecule has 1 aliphatic heterocycles. The van der Waals surface area contributed by atoms with Crippen molar-refractivity contribution in [1.29, 1.82) is 21.0 Å². The molecule has 0 N–H and O–H groups in total. The Bertz CT molecular complexity index is 5940. The van der Waals surface area contributed by atoms with Crippen LogP contribution in [0.25, 0.3) is 133 Å². The zero-order chi connectivity index (χ0) is 59.8. The summed E-state index contributed by atoms with van der Waals surface area (Å²) in [6, 6.07) is 84.0. The highest BCUT2D eigenvalue weighted by Gasteiger charge is 2.55. The van der Waals surface area contributed by atoms with Gasteiger partial charge >= 0.3 is 5.97 Å². The molecule has 0 bridgehead atoms. The summed E-state index contributed by atoms with van der Waals surface area (Å²) < 4.78 is 16.2. The summed E-state index contributed by atoms with van der Waals surface area (Å²) in [7, 11) is 0. The van der Waals surface area contributed by atoms with Crippen molar-refractivity contribution in [3.63, 3.8) is 0 Å². The van der Waals surface area contributed by atoms with E-state index in [1.54, 1.807) is 6.07 Å². The molecule has 89 heavy (non-hydrogen) atoms. The number of aromatic nitrogens is 7. The molecule has 13 heteroatoms. The minimum absolute atomic E-state index is 0.120. The van der Waals surface area contributed by atoms with Gasteiger partial charge in [0.25, 0.3) is 0 Å². The first kappa shape index (κ1) is 50.6. The second kappa shape index (κ2) is 19.0. The molecule has 0 radical (unpaired) electrons. The molecule has 0 fully saturated rings. The maximum absolute atomic E-state index is 16.8. The number of esters is 1. The summed E-state index contributed by atoms with van der Waals surface area (Å²) in [6.07, 6.45) is 0. The fourth-order valence-corrected chi connectivity index (χ4v) is 13.8. The van der Waals surface area contributed by atoms with E-state index in [2.05, 4.69) is 72.9 Å². The zero-order valence-electron chi connectivity index (χ0n) is 47.2. The van der Waals surface area contributed by atoms with E-state index < -0.39 is 11.4 Å². The molecular weight excluding hydrogens is 1100 g/mol. The van der Waals surface area contributed by atoms with Crippen LogP contribution in [0.2, 0.25) is 0 Å². The third-order valence-electron chi connectivity index (χ3n) is 17.7. The van der Waals surface area contributed by atoms with Crippen LogP contribution >= 0.6 is 0 Å². The summed E-state index contributed by atoms with van der Waals surface area (Å²) in [5.41, 5.74) is 9.86. The van der Waals surface area contributed by atoms with Gasteiger partial charge in [-0.25, -0.2) is 15.0 Å². The van der Waals surface area contributed by atoms with Crippen molar-refractivity contribution in [2.24, 2.45) is 0 Å². The van der Waals surface area contributed by atoms with E-state index in [-0.39, 0.29) is 11.6 Å². The van der Waals surface area contributed by atoms with E-state index in [0.717, 1.165) is 76.2 Å². The van der Waals surface area contributed by atoms with Gasteiger partial charge in [0.2, 0.25) is 0 Å². The predicted molar refractivity (Wildman–Crippen MR) is 345 cm³/mol. The Balaban J connectivity index is 1.21. The predicted octanol–water partition coefficient (Wildman–Crippen LogP) is 16.3. The van der Waals surface area contributed by atoms with Gasteiger partial charge in [0, 0.05) is 59.8 Å². The number of para-hydroxylation sites is 4. The molecule has 6 heterocycles. The molecule has 17 rings (SSSR count). The van der Waals surface area contributed by atoms with Crippen molar-refractivity contribution in [3.8, 4) is 75.6 Å². The maximum Gasteiger partial charge on any atom is 0.329 e. The van der Waals surface area contributed by atoms with Crippen LogP contribution in [0.4, 0.5) is 0 Å². The smallest absolute Gasteiger partial charge is 0.329 e. The van der Waals surface area contributed by atoms with Crippen LogP contribution in [0.15, 0.2) is 231 Å². The van der Waals surface area contributed by atoms with Gasteiger partial charge in [-0.2, -0.15) is 21.0 Å². The Morgan fingerprint density at radius 2 is 0.652 bits per heavy atom. The lowest BCUT2D eigenvalue weighted by molar-refractivity contribution is -0.136. The average molecular weight is 1140 g/mol. The highest BCUT2D eigenvalue weighted by atomic mass is 16.5. The standard InChI is InChI=1S/C76H41N11O2/c1-76(74-82-72(48-16-4-2-5-17-48)81-73(83-74)49-18-6-3-7-19-49)66-67(84-58-24-12-8-20-50(58)54-36-44(40-77)28-32-62(54)84)68(85-59-25-13-9-21-51(59)55-37-45(41-78)29-33-63(55)85)69(86-60-26-14-10-22-52(60)56-38-46(42-79)30-34-64(56)86)70(71(66)89-75(76)88)87-61-27-15-11-23-53(61)57-39-47(43-80)31-35-65(57)87/h2-39H,1H3. The topological polar surface area (TPSA) is 180 Å². The van der Waals surface area contributed by atoms with E-state index in [1.165, 1.54) is 0 Å². The molecule has 16 aromatic rings. The fraction of sp³-hybridized carbons (Fsp3) is 0.0263. The van der Waals surface area contributed by atoms with Crippen molar-refractivity contribution in [2.45, 2.75) is 12.3 Å². The van der Waals surface area contributed by atoms with Crippen molar-refractivity contribution >= 4 is 93.2 Å². The van der Waals surface area contributed by atoms with Gasteiger partial charge in [-0.15, -0.1) is 0 Å². The van der Waals surface area contributed by atoms with Crippen molar-refractivity contribution in [2.75, 3.05) is 0 Å². The van der Waals surface area contributed by atoms with Gasteiger partial charge in [0.15, 0.2) is 28.6 Å². The maximum atomic E-state index is 16.8. The molecule has 5 aromatic heterocycles. The second-order valence-corrected chi connectivity index (χ2v) is 22.4. The van der Waals surface area contributed by atoms with Crippen LogP contribution < -0.4 is 4.74 Å². The number of hydrogen-bond acceptors (Lipinski definition) is 9. The lowest BCUT2D eigenvalue weighted by atomic mass is 9.80. The molecule has 11 aromatic carbocycles. The van der Waals surface area contributed by atoms with Gasteiger partial charge < -0.3 is 23.0 Å². The summed E-state index contributed by atoms with van der Waals surface area (Å²) >= 11 is 0. The lowest BCUT2D eigenvalue weighted by Gasteiger charge is -2.30. The van der Waals surface area contributed by atoms with Crippen LogP contribution in [-0.4, -0.2) is 39.2 Å². The van der Waals surface area contributed by atoms with Crippen molar-refractivity contribution < 1.29 is 9.53 Å². The highest BCUT2D eigenvalue weighted by molar-refractivity contribution is 6.18. The summed E-state index contributed by atoms with van der Waals surface area (Å²) in [5, 5.41) is 49.0. The fourth-order valence-electron chi connectivity index (χ4n) is 13.8. The van der Waals surface area contributed by atoms with Crippen molar-refractivity contribution in [1.82, 2.24) is 33.2 Å². The van der Waals surface area contributed by atoms with E-state index in [1.807, 2.05) is 201 Å². The molecule has 0 spiro atoms. The lowest BCUT2D eigenvalue weighted by Crippen LogP contribution is -2.35. The van der Waals surface area contributed by atoms with Gasteiger partial charge in [-0.3, -0.25) is 4.79 Å². The summed E-state index contributed by atoms with van der Waals surface area (Å²) in [6.45, 7) is 1.85. The van der Waals surface area contributed by atoms with Crippen LogP contribution in [0, 0.1) is 45.3 Å². The zero-order valence-corrected chi connectivity index (χ0v) is 47.2. The van der Waals surface area contributed by atoms with Crippen LogP contribution in [0.5, 0.6) is 5.75 Å². The molecule has 1 atom stereocenters. The van der Waals surface area contributed by atoms with Gasteiger partial charge in [0.05, 0.1) is 102 Å². The summed E-state index contributed by atoms with van der Waals surface area (Å²) in [4.78, 5) is 32.8.